The Hall–Kier alpha value is -2.08. The van der Waals surface area contributed by atoms with Crippen LogP contribution in [0.4, 0.5) is 11.4 Å². The molecule has 0 aromatic heterocycles. The Bertz CT molecular complexity index is 559. The van der Waals surface area contributed by atoms with Gasteiger partial charge in [0.2, 0.25) is 5.91 Å². The molecule has 1 aromatic rings. The summed E-state index contributed by atoms with van der Waals surface area (Å²) in [6.45, 7) is 5.61. The second-order valence-corrected chi connectivity index (χ2v) is 5.36. The highest BCUT2D eigenvalue weighted by atomic mass is 16.5. The first-order valence-corrected chi connectivity index (χ1v) is 7.10. The van der Waals surface area contributed by atoms with Gasteiger partial charge in [-0.25, -0.2) is 0 Å². The standard InChI is InChI=1S/C15H21N3O3/c1-4-8(2)13(16)15(20)17-10-5-6-12-11(7-10)18-14(19)9(3)21-12/h5-9,13H,4,16H2,1-3H3,(H,17,20)(H,18,19). The van der Waals surface area contributed by atoms with Gasteiger partial charge in [-0.05, 0) is 31.0 Å². The molecule has 2 rings (SSSR count). The predicted octanol–water partition coefficient (Wildman–Crippen LogP) is 1.72. The minimum Gasteiger partial charge on any atom is -0.479 e. The van der Waals surface area contributed by atoms with E-state index in [9.17, 15) is 9.59 Å². The van der Waals surface area contributed by atoms with Crippen molar-refractivity contribution in [2.24, 2.45) is 11.7 Å². The molecule has 0 radical (unpaired) electrons. The van der Waals surface area contributed by atoms with Crippen LogP contribution >= 0.6 is 0 Å². The van der Waals surface area contributed by atoms with Gasteiger partial charge in [0, 0.05) is 5.69 Å². The summed E-state index contributed by atoms with van der Waals surface area (Å²) in [5.41, 5.74) is 7.02. The number of hydrogen-bond donors (Lipinski definition) is 3. The van der Waals surface area contributed by atoms with Gasteiger partial charge in [0.1, 0.15) is 5.75 Å². The summed E-state index contributed by atoms with van der Waals surface area (Å²) in [6, 6.07) is 4.55. The number of amides is 2. The molecule has 0 fully saturated rings. The van der Waals surface area contributed by atoms with Crippen molar-refractivity contribution in [1.29, 1.82) is 0 Å². The maximum absolute atomic E-state index is 12.0. The number of ether oxygens (including phenoxy) is 1. The summed E-state index contributed by atoms with van der Waals surface area (Å²) in [5.74, 6) is 0.251. The van der Waals surface area contributed by atoms with Crippen molar-refractivity contribution in [1.82, 2.24) is 0 Å². The SMILES string of the molecule is CCC(C)C(N)C(=O)Nc1ccc2c(c1)NC(=O)C(C)O2. The van der Waals surface area contributed by atoms with Gasteiger partial charge < -0.3 is 21.1 Å². The van der Waals surface area contributed by atoms with Crippen molar-refractivity contribution in [2.75, 3.05) is 10.6 Å². The fourth-order valence-corrected chi connectivity index (χ4v) is 2.02. The summed E-state index contributed by atoms with van der Waals surface area (Å²) < 4.78 is 5.46. The molecule has 3 unspecified atom stereocenters. The molecule has 21 heavy (non-hydrogen) atoms. The summed E-state index contributed by atoms with van der Waals surface area (Å²) in [4.78, 5) is 23.6. The number of hydrogen-bond acceptors (Lipinski definition) is 4. The first kappa shape index (κ1) is 15.3. The van der Waals surface area contributed by atoms with Crippen LogP contribution in [0.5, 0.6) is 5.75 Å². The number of nitrogens with one attached hydrogen (secondary N) is 2. The summed E-state index contributed by atoms with van der Waals surface area (Å²) in [6.07, 6.45) is 0.317. The summed E-state index contributed by atoms with van der Waals surface area (Å²) in [5, 5.41) is 5.50. The third-order valence-corrected chi connectivity index (χ3v) is 3.74. The Morgan fingerprint density at radius 2 is 2.24 bits per heavy atom. The van der Waals surface area contributed by atoms with Gasteiger partial charge in [0.05, 0.1) is 11.7 Å². The highest BCUT2D eigenvalue weighted by Crippen LogP contribution is 2.32. The van der Waals surface area contributed by atoms with Crippen molar-refractivity contribution in [3.05, 3.63) is 18.2 Å². The smallest absolute Gasteiger partial charge is 0.265 e. The van der Waals surface area contributed by atoms with Crippen molar-refractivity contribution in [3.63, 3.8) is 0 Å². The fourth-order valence-electron chi connectivity index (χ4n) is 2.02. The number of anilines is 2. The normalized spacial score (nSPS) is 19.8. The summed E-state index contributed by atoms with van der Waals surface area (Å²) >= 11 is 0. The predicted molar refractivity (Wildman–Crippen MR) is 81.2 cm³/mol. The van der Waals surface area contributed by atoms with Crippen LogP contribution in [0, 0.1) is 5.92 Å². The lowest BCUT2D eigenvalue weighted by molar-refractivity contribution is -0.122. The Balaban J connectivity index is 2.11. The molecular weight excluding hydrogens is 270 g/mol. The second kappa shape index (κ2) is 6.13. The van der Waals surface area contributed by atoms with Crippen molar-refractivity contribution >= 4 is 23.2 Å². The highest BCUT2D eigenvalue weighted by Gasteiger charge is 2.24. The lowest BCUT2D eigenvalue weighted by Crippen LogP contribution is -2.40. The molecule has 114 valence electrons. The molecule has 1 heterocycles. The number of fused-ring (bicyclic) bond motifs is 1. The van der Waals surface area contributed by atoms with Gasteiger partial charge in [-0.2, -0.15) is 0 Å². The van der Waals surface area contributed by atoms with Gasteiger partial charge in [-0.3, -0.25) is 9.59 Å². The minimum atomic E-state index is -0.558. The van der Waals surface area contributed by atoms with Crippen LogP contribution in [0.2, 0.25) is 0 Å². The first-order valence-electron chi connectivity index (χ1n) is 7.10. The number of rotatable bonds is 4. The quantitative estimate of drug-likeness (QED) is 0.787. The monoisotopic (exact) mass is 291 g/mol. The topological polar surface area (TPSA) is 93.5 Å². The molecule has 0 saturated carbocycles. The average Bonchev–Trinajstić information content (AvgIpc) is 2.47. The molecule has 1 aliphatic rings. The van der Waals surface area contributed by atoms with Gasteiger partial charge in [0.25, 0.3) is 5.91 Å². The molecule has 1 aromatic carbocycles. The number of nitrogens with two attached hydrogens (primary N) is 1. The molecule has 0 bridgehead atoms. The molecule has 6 nitrogen and oxygen atoms in total. The zero-order valence-electron chi connectivity index (χ0n) is 12.5. The molecule has 2 amide bonds. The second-order valence-electron chi connectivity index (χ2n) is 5.36. The zero-order valence-corrected chi connectivity index (χ0v) is 12.5. The number of benzene rings is 1. The van der Waals surface area contributed by atoms with Gasteiger partial charge in [-0.1, -0.05) is 20.3 Å². The lowest BCUT2D eigenvalue weighted by Gasteiger charge is -2.24. The van der Waals surface area contributed by atoms with Gasteiger partial charge >= 0.3 is 0 Å². The van der Waals surface area contributed by atoms with E-state index in [2.05, 4.69) is 10.6 Å². The molecule has 0 saturated heterocycles. The van der Waals surface area contributed by atoms with Crippen molar-refractivity contribution in [3.8, 4) is 5.75 Å². The van der Waals surface area contributed by atoms with Crippen molar-refractivity contribution < 1.29 is 14.3 Å². The van der Waals surface area contributed by atoms with Gasteiger partial charge in [-0.15, -0.1) is 0 Å². The molecule has 3 atom stereocenters. The highest BCUT2D eigenvalue weighted by molar-refractivity contribution is 6.00. The van der Waals surface area contributed by atoms with E-state index in [1.807, 2.05) is 13.8 Å². The third-order valence-electron chi connectivity index (χ3n) is 3.74. The maximum Gasteiger partial charge on any atom is 0.265 e. The molecule has 6 heteroatoms. The van der Waals surface area contributed by atoms with Crippen LogP contribution in [0.25, 0.3) is 0 Å². The van der Waals surface area contributed by atoms with Crippen LogP contribution in [-0.2, 0) is 9.59 Å². The maximum atomic E-state index is 12.0. The van der Waals surface area contributed by atoms with Gasteiger partial charge in [0.15, 0.2) is 6.10 Å². The minimum absolute atomic E-state index is 0.103. The molecule has 0 spiro atoms. The van der Waals surface area contributed by atoms with Crippen LogP contribution in [0.3, 0.4) is 0 Å². The summed E-state index contributed by atoms with van der Waals surface area (Å²) in [7, 11) is 0. The molecule has 4 N–H and O–H groups in total. The average molecular weight is 291 g/mol. The lowest BCUT2D eigenvalue weighted by atomic mass is 9.99. The Labute approximate surface area is 124 Å². The first-order chi connectivity index (χ1) is 9.92. The van der Waals surface area contributed by atoms with Crippen molar-refractivity contribution in [2.45, 2.75) is 39.3 Å². The Kier molecular flexibility index (Phi) is 4.47. The van der Waals surface area contributed by atoms with E-state index in [0.29, 0.717) is 17.1 Å². The fraction of sp³-hybridized carbons (Fsp3) is 0.467. The third kappa shape index (κ3) is 3.33. The number of carbonyl (C=O) groups excluding carboxylic acids is 2. The Morgan fingerprint density at radius 1 is 1.52 bits per heavy atom. The van der Waals surface area contributed by atoms with E-state index >= 15 is 0 Å². The molecular formula is C15H21N3O3. The Morgan fingerprint density at radius 3 is 2.90 bits per heavy atom. The van der Waals surface area contributed by atoms with E-state index in [4.69, 9.17) is 10.5 Å². The van der Waals surface area contributed by atoms with Crippen LogP contribution in [0.15, 0.2) is 18.2 Å². The van der Waals surface area contributed by atoms with Crippen LogP contribution in [0.1, 0.15) is 27.2 Å². The van der Waals surface area contributed by atoms with E-state index in [1.165, 1.54) is 0 Å². The van der Waals surface area contributed by atoms with E-state index in [1.54, 1.807) is 25.1 Å². The van der Waals surface area contributed by atoms with E-state index in [0.717, 1.165) is 6.42 Å². The van der Waals surface area contributed by atoms with E-state index < -0.39 is 12.1 Å². The van der Waals surface area contributed by atoms with Crippen LogP contribution in [-0.4, -0.2) is 24.0 Å². The zero-order chi connectivity index (χ0) is 15.6. The van der Waals surface area contributed by atoms with E-state index in [-0.39, 0.29) is 17.7 Å². The molecule has 0 aliphatic carbocycles. The largest absolute Gasteiger partial charge is 0.479 e. The molecule has 1 aliphatic heterocycles. The van der Waals surface area contributed by atoms with Crippen LogP contribution < -0.4 is 21.1 Å². The number of carbonyl (C=O) groups is 2.